The fraction of sp³-hybridized carbons (Fsp3) is 0.421. The number of likely N-dealkylation sites (N-methyl/N-ethyl adjacent to an activating group) is 1. The average molecular weight is 343 g/mol. The van der Waals surface area contributed by atoms with Crippen LogP contribution in [0.15, 0.2) is 40.7 Å². The van der Waals surface area contributed by atoms with E-state index in [1.165, 1.54) is 17.7 Å². The minimum Gasteiger partial charge on any atom is -0.383 e. The first-order valence-corrected chi connectivity index (χ1v) is 9.50. The molecule has 0 amide bonds. The number of hydrogen-bond donors (Lipinski definition) is 1. The number of benzene rings is 1. The molecule has 1 aliphatic rings. The van der Waals surface area contributed by atoms with Gasteiger partial charge < -0.3 is 15.5 Å². The van der Waals surface area contributed by atoms with E-state index in [2.05, 4.69) is 47.0 Å². The van der Waals surface area contributed by atoms with E-state index >= 15 is 0 Å². The fourth-order valence-electron chi connectivity index (χ4n) is 3.01. The zero-order chi connectivity index (χ0) is 16.9. The van der Waals surface area contributed by atoms with Crippen LogP contribution in [0.25, 0.3) is 0 Å². The monoisotopic (exact) mass is 342 g/mol. The number of anilines is 1. The number of aliphatic imine (C=N–C) groups is 1. The highest BCUT2D eigenvalue weighted by Crippen LogP contribution is 2.31. The molecule has 0 bridgehead atoms. The highest BCUT2D eigenvalue weighted by Gasteiger charge is 2.17. The zero-order valence-corrected chi connectivity index (χ0v) is 15.4. The van der Waals surface area contributed by atoms with Gasteiger partial charge in [-0.25, -0.2) is 4.99 Å². The number of fused-ring (bicyclic) bond motifs is 1. The Hall–Kier alpha value is -1.85. The van der Waals surface area contributed by atoms with E-state index in [0.717, 1.165) is 43.2 Å². The van der Waals surface area contributed by atoms with Crippen molar-refractivity contribution in [2.24, 2.45) is 10.7 Å². The van der Waals surface area contributed by atoms with Gasteiger partial charge >= 0.3 is 0 Å². The molecule has 2 N–H and O–H groups in total. The van der Waals surface area contributed by atoms with Crippen LogP contribution in [0.5, 0.6) is 0 Å². The van der Waals surface area contributed by atoms with Gasteiger partial charge in [0.15, 0.2) is 0 Å². The molecule has 1 aliphatic heterocycles. The summed E-state index contributed by atoms with van der Waals surface area (Å²) in [6.07, 6.45) is 2.38. The molecule has 0 spiro atoms. The van der Waals surface area contributed by atoms with Crippen molar-refractivity contribution in [3.05, 3.63) is 46.2 Å². The van der Waals surface area contributed by atoms with Crippen molar-refractivity contribution in [1.29, 1.82) is 0 Å². The second-order valence-electron chi connectivity index (χ2n) is 6.27. The summed E-state index contributed by atoms with van der Waals surface area (Å²) in [5, 5.41) is 2.02. The van der Waals surface area contributed by atoms with Gasteiger partial charge in [-0.2, -0.15) is 0 Å². The molecule has 1 aromatic carbocycles. The summed E-state index contributed by atoms with van der Waals surface area (Å²) in [6, 6.07) is 10.5. The van der Waals surface area contributed by atoms with Gasteiger partial charge in [0.05, 0.1) is 10.6 Å². The molecule has 0 aliphatic carbocycles. The number of nitrogens with zero attached hydrogens (tertiary/aromatic N) is 3. The molecule has 0 saturated heterocycles. The van der Waals surface area contributed by atoms with E-state index in [9.17, 15) is 0 Å². The van der Waals surface area contributed by atoms with E-state index in [1.54, 1.807) is 11.3 Å². The molecule has 0 radical (unpaired) electrons. The maximum absolute atomic E-state index is 6.14. The molecule has 2 heterocycles. The third-order valence-electron chi connectivity index (χ3n) is 4.60. The summed E-state index contributed by atoms with van der Waals surface area (Å²) in [7, 11) is 2.17. The quantitative estimate of drug-likeness (QED) is 0.646. The van der Waals surface area contributed by atoms with Crippen LogP contribution in [0.4, 0.5) is 11.4 Å². The van der Waals surface area contributed by atoms with Gasteiger partial charge in [0.2, 0.25) is 0 Å². The summed E-state index contributed by atoms with van der Waals surface area (Å²) < 4.78 is 0. The van der Waals surface area contributed by atoms with E-state index in [1.807, 2.05) is 17.5 Å². The topological polar surface area (TPSA) is 44.9 Å². The smallest absolute Gasteiger partial charge is 0.141 e. The zero-order valence-electron chi connectivity index (χ0n) is 14.5. The number of aryl methyl sites for hydroxylation is 1. The lowest BCUT2D eigenvalue weighted by atomic mass is 10.0. The number of rotatable bonds is 6. The number of thiophene rings is 1. The molecular formula is C19H26N4S. The Balaban J connectivity index is 1.81. The highest BCUT2D eigenvalue weighted by atomic mass is 32.1. The first-order valence-electron chi connectivity index (χ1n) is 8.62. The van der Waals surface area contributed by atoms with Crippen molar-refractivity contribution < 1.29 is 0 Å². The Bertz CT molecular complexity index is 693. The molecule has 128 valence electrons. The van der Waals surface area contributed by atoms with Crippen LogP contribution in [-0.2, 0) is 6.42 Å². The van der Waals surface area contributed by atoms with Gasteiger partial charge in [0, 0.05) is 25.3 Å². The predicted molar refractivity (Wildman–Crippen MR) is 105 cm³/mol. The molecule has 1 aromatic heterocycles. The Morgan fingerprint density at radius 1 is 1.38 bits per heavy atom. The van der Waals surface area contributed by atoms with Crippen molar-refractivity contribution >= 4 is 28.5 Å². The molecule has 0 fully saturated rings. The molecule has 0 unspecified atom stereocenters. The van der Waals surface area contributed by atoms with Crippen molar-refractivity contribution in [2.75, 3.05) is 38.1 Å². The minimum atomic E-state index is 0.595. The molecule has 2 aromatic rings. The van der Waals surface area contributed by atoms with Crippen LogP contribution in [0.3, 0.4) is 0 Å². The van der Waals surface area contributed by atoms with Crippen LogP contribution < -0.4 is 10.6 Å². The molecule has 3 rings (SSSR count). The van der Waals surface area contributed by atoms with E-state index < -0.39 is 0 Å². The standard InChI is InChI=1S/C19H26N4S/c1-3-22(2)11-12-23-10-4-6-15-8-9-16(14-17(15)23)21-19(20)18-7-5-13-24-18/h5,7-9,13-14H,3-4,6,10-12H2,1-2H3,(H2,20,21). The fourth-order valence-corrected chi connectivity index (χ4v) is 3.64. The Labute approximate surface area is 148 Å². The average Bonchev–Trinajstić information content (AvgIpc) is 3.14. The lowest BCUT2D eigenvalue weighted by Gasteiger charge is -2.32. The first-order chi connectivity index (χ1) is 11.7. The Kier molecular flexibility index (Phi) is 5.53. The van der Waals surface area contributed by atoms with Crippen molar-refractivity contribution in [3.8, 4) is 0 Å². The van der Waals surface area contributed by atoms with Gasteiger partial charge in [0.25, 0.3) is 0 Å². The Morgan fingerprint density at radius 2 is 2.25 bits per heavy atom. The number of amidine groups is 1. The van der Waals surface area contributed by atoms with E-state index in [4.69, 9.17) is 5.73 Å². The second kappa shape index (κ2) is 7.81. The summed E-state index contributed by atoms with van der Waals surface area (Å²) in [4.78, 5) is 10.5. The summed E-state index contributed by atoms with van der Waals surface area (Å²) in [5.74, 6) is 0.595. The maximum atomic E-state index is 6.14. The second-order valence-corrected chi connectivity index (χ2v) is 7.22. The molecule has 0 atom stereocenters. The molecule has 24 heavy (non-hydrogen) atoms. The molecular weight excluding hydrogens is 316 g/mol. The largest absolute Gasteiger partial charge is 0.383 e. The summed E-state index contributed by atoms with van der Waals surface area (Å²) in [6.45, 7) is 6.55. The van der Waals surface area contributed by atoms with Crippen molar-refractivity contribution in [1.82, 2.24) is 4.90 Å². The molecule has 4 nitrogen and oxygen atoms in total. The van der Waals surface area contributed by atoms with Crippen LogP contribution >= 0.6 is 11.3 Å². The number of nitrogens with two attached hydrogens (primary N) is 1. The summed E-state index contributed by atoms with van der Waals surface area (Å²) >= 11 is 1.62. The minimum absolute atomic E-state index is 0.595. The van der Waals surface area contributed by atoms with Crippen LogP contribution in [0.1, 0.15) is 23.8 Å². The van der Waals surface area contributed by atoms with E-state index in [-0.39, 0.29) is 0 Å². The van der Waals surface area contributed by atoms with Crippen molar-refractivity contribution in [3.63, 3.8) is 0 Å². The third-order valence-corrected chi connectivity index (χ3v) is 5.49. The number of hydrogen-bond acceptors (Lipinski definition) is 4. The van der Waals surface area contributed by atoms with Gasteiger partial charge in [-0.15, -0.1) is 11.3 Å². The molecule has 5 heteroatoms. The first kappa shape index (κ1) is 17.0. The third kappa shape index (κ3) is 3.97. The lowest BCUT2D eigenvalue weighted by molar-refractivity contribution is 0.357. The lowest BCUT2D eigenvalue weighted by Crippen LogP contribution is -2.36. The van der Waals surface area contributed by atoms with Gasteiger partial charge in [-0.3, -0.25) is 0 Å². The van der Waals surface area contributed by atoms with Crippen LogP contribution in [0.2, 0.25) is 0 Å². The summed E-state index contributed by atoms with van der Waals surface area (Å²) in [5.41, 5.74) is 9.83. The van der Waals surface area contributed by atoms with Gasteiger partial charge in [-0.1, -0.05) is 19.1 Å². The molecule has 0 saturated carbocycles. The maximum Gasteiger partial charge on any atom is 0.141 e. The van der Waals surface area contributed by atoms with Gasteiger partial charge in [0.1, 0.15) is 5.84 Å². The van der Waals surface area contributed by atoms with Crippen LogP contribution in [-0.4, -0.2) is 44.0 Å². The SMILES string of the molecule is CCN(C)CCN1CCCc2ccc(N=C(N)c3cccs3)cc21. The normalized spacial score (nSPS) is 15.0. The van der Waals surface area contributed by atoms with E-state index in [0.29, 0.717) is 5.84 Å². The van der Waals surface area contributed by atoms with Crippen molar-refractivity contribution in [2.45, 2.75) is 19.8 Å². The predicted octanol–water partition coefficient (Wildman–Crippen LogP) is 3.49. The van der Waals surface area contributed by atoms with Crippen LogP contribution in [0, 0.1) is 0 Å². The highest BCUT2D eigenvalue weighted by molar-refractivity contribution is 7.12. The van der Waals surface area contributed by atoms with Gasteiger partial charge in [-0.05, 0) is 55.6 Å². The Morgan fingerprint density at radius 3 is 3.00 bits per heavy atom.